The molecular weight excluding hydrogens is 925 g/mol. The Morgan fingerprint density at radius 2 is 1.13 bits per heavy atom. The van der Waals surface area contributed by atoms with Gasteiger partial charge in [0.05, 0.1) is 18.6 Å². The third-order valence-corrected chi connectivity index (χ3v) is 12.1. The van der Waals surface area contributed by atoms with Gasteiger partial charge in [-0.3, -0.25) is 43.2 Å². The molecule has 71 heavy (non-hydrogen) atoms. The van der Waals surface area contributed by atoms with E-state index in [0.29, 0.717) is 48.3 Å². The van der Waals surface area contributed by atoms with Gasteiger partial charge in [-0.25, -0.2) is 0 Å². The Morgan fingerprint density at radius 3 is 1.66 bits per heavy atom. The third-order valence-electron chi connectivity index (χ3n) is 12.1. The second-order valence-electron chi connectivity index (χ2n) is 18.3. The first kappa shape index (κ1) is 60.4. The van der Waals surface area contributed by atoms with Crippen LogP contribution in [-0.4, -0.2) is 141 Å². The summed E-state index contributed by atoms with van der Waals surface area (Å²) in [4.78, 5) is 148. The lowest BCUT2D eigenvalue weighted by atomic mass is 9.96. The largest absolute Gasteiger partial charge is 0.481 e. The summed E-state index contributed by atoms with van der Waals surface area (Å²) in [6.45, 7) is 14.8. The lowest BCUT2D eigenvalue weighted by Gasteiger charge is -2.29. The molecule has 0 fully saturated rings. The van der Waals surface area contributed by atoms with E-state index in [-0.39, 0.29) is 18.8 Å². The van der Waals surface area contributed by atoms with Crippen molar-refractivity contribution in [3.63, 3.8) is 0 Å². The van der Waals surface area contributed by atoms with E-state index in [1.807, 2.05) is 20.8 Å². The summed E-state index contributed by atoms with van der Waals surface area (Å²) >= 11 is 0. The first-order chi connectivity index (χ1) is 33.4. The Labute approximate surface area is 413 Å². The number of hydrogen-bond acceptors (Lipinski definition) is 13. The number of carbonyl (C=O) groups is 11. The SMILES string of the molecule is CC[C@H](NC(=O)[C@H](CC=O)NC(=O)[C@H](Cc1c[nH]c2ccccc12)NC(=O)[C@H](CC(=O)O)NC(=O)[C@@H](NC(=O)[C@H](C)NC(=O)[C@@H](N)[C@@H](C)O)[C@@H](C)CC)C(=O)N[C@H](C(=O)N[C@H](C=O)CC(C)C)[C@@H](C)CC. The van der Waals surface area contributed by atoms with Crippen LogP contribution in [0.15, 0.2) is 30.5 Å². The molecule has 0 aliphatic heterocycles. The van der Waals surface area contributed by atoms with E-state index in [0.717, 1.165) is 0 Å². The van der Waals surface area contributed by atoms with Gasteiger partial charge in [-0.05, 0) is 56.1 Å². The number of rotatable bonds is 31. The number of hydrogen-bond donors (Lipinski definition) is 12. The number of aliphatic hydroxyl groups excluding tert-OH is 1. The predicted octanol–water partition coefficient (Wildman–Crippen LogP) is -0.872. The zero-order valence-electron chi connectivity index (χ0n) is 42.0. The zero-order chi connectivity index (χ0) is 53.7. The second kappa shape index (κ2) is 29.4. The number of carbonyl (C=O) groups excluding carboxylic acids is 10. The molecule has 23 heteroatoms. The lowest BCUT2D eigenvalue weighted by molar-refractivity contribution is -0.141. The molecule has 2 aromatic rings. The maximum absolute atomic E-state index is 14.3. The van der Waals surface area contributed by atoms with E-state index in [4.69, 9.17) is 5.73 Å². The van der Waals surface area contributed by atoms with Gasteiger partial charge in [0.1, 0.15) is 60.9 Å². The number of carboxylic acid groups (broad SMARTS) is 1. The zero-order valence-corrected chi connectivity index (χ0v) is 42.0. The van der Waals surface area contributed by atoms with Crippen LogP contribution < -0.4 is 48.3 Å². The van der Waals surface area contributed by atoms with E-state index in [1.54, 1.807) is 58.2 Å². The van der Waals surface area contributed by atoms with Gasteiger partial charge in [0.2, 0.25) is 47.3 Å². The van der Waals surface area contributed by atoms with Crippen LogP contribution in [0.2, 0.25) is 0 Å². The number of H-pyrrole nitrogens is 1. The van der Waals surface area contributed by atoms with Gasteiger partial charge in [0, 0.05) is 29.9 Å². The Balaban J connectivity index is 2.44. The van der Waals surface area contributed by atoms with E-state index in [2.05, 4.69) is 47.5 Å². The van der Waals surface area contributed by atoms with Gasteiger partial charge >= 0.3 is 5.97 Å². The van der Waals surface area contributed by atoms with Crippen LogP contribution in [0.3, 0.4) is 0 Å². The van der Waals surface area contributed by atoms with Crippen molar-refractivity contribution in [2.24, 2.45) is 23.5 Å². The Morgan fingerprint density at radius 1 is 0.620 bits per heavy atom. The molecule has 1 aromatic heterocycles. The van der Waals surface area contributed by atoms with Crippen LogP contribution in [0.25, 0.3) is 10.9 Å². The molecule has 0 aliphatic carbocycles. The van der Waals surface area contributed by atoms with Gasteiger partial charge in [0.15, 0.2) is 0 Å². The van der Waals surface area contributed by atoms with E-state index < -0.39 is 138 Å². The van der Waals surface area contributed by atoms with E-state index in [1.165, 1.54) is 13.8 Å². The van der Waals surface area contributed by atoms with Gasteiger partial charge < -0.3 is 73.1 Å². The number of aliphatic carboxylic acids is 1. The molecular formula is C48H74N10O13. The molecule has 0 bridgehead atoms. The highest BCUT2D eigenvalue weighted by molar-refractivity contribution is 5.99. The standard InChI is InChI=1S/C48H74N10O13/c1-10-25(6)39(47(70)52-30(23-60)19-24(4)5)58-42(65)32(12-3)53-43(66)34(17-18-59)54-44(67)35(20-29-22-50-33-16-14-13-15-31(29)33)55-45(68)36(21-37(62)63)56-48(71)40(26(7)11-2)57-41(64)27(8)51-46(69)38(49)28(9)61/h13-16,18,22-28,30,32,34-36,38-40,50,61H,10-12,17,19-21,49H2,1-9H3,(H,51,69)(H,52,70)(H,53,66)(H,54,67)(H,55,68)(H,56,71)(H,57,64)(H,58,65)(H,62,63)/t25-,26-,27-,28+,30-,32-,34-,35-,36-,38-,39-,40-/m0/s1. The fourth-order valence-corrected chi connectivity index (χ4v) is 7.33. The summed E-state index contributed by atoms with van der Waals surface area (Å²) in [7, 11) is 0. The number of carboxylic acids is 1. The summed E-state index contributed by atoms with van der Waals surface area (Å²) in [6, 6.07) is -5.20. The number of fused-ring (bicyclic) bond motifs is 1. The van der Waals surface area contributed by atoms with Gasteiger partial charge in [-0.2, -0.15) is 0 Å². The first-order valence-corrected chi connectivity index (χ1v) is 23.9. The molecule has 0 saturated carbocycles. The maximum Gasteiger partial charge on any atom is 0.305 e. The fraction of sp³-hybridized carbons (Fsp3) is 0.604. The van der Waals surface area contributed by atoms with Crippen LogP contribution >= 0.6 is 0 Å². The normalized spacial score (nSPS) is 16.3. The van der Waals surface area contributed by atoms with Gasteiger partial charge in [-0.15, -0.1) is 0 Å². The number of para-hydroxylation sites is 1. The van der Waals surface area contributed by atoms with Crippen molar-refractivity contribution >= 4 is 76.7 Å². The predicted molar refractivity (Wildman–Crippen MR) is 260 cm³/mol. The molecule has 0 saturated heterocycles. The number of benzene rings is 1. The maximum atomic E-state index is 14.3. The smallest absolute Gasteiger partial charge is 0.305 e. The number of aromatic nitrogens is 1. The summed E-state index contributed by atoms with van der Waals surface area (Å²) in [5.74, 6) is -9.58. The molecule has 0 radical (unpaired) electrons. The van der Waals surface area contributed by atoms with Crippen LogP contribution in [0.1, 0.15) is 106 Å². The van der Waals surface area contributed by atoms with Crippen molar-refractivity contribution in [1.82, 2.24) is 47.5 Å². The molecule has 1 aromatic carbocycles. The summed E-state index contributed by atoms with van der Waals surface area (Å²) in [6.07, 6.45) is 0.607. The second-order valence-corrected chi connectivity index (χ2v) is 18.3. The van der Waals surface area contributed by atoms with Crippen molar-refractivity contribution < 1.29 is 63.0 Å². The molecule has 12 atom stereocenters. The van der Waals surface area contributed by atoms with Crippen LogP contribution in [0.5, 0.6) is 0 Å². The van der Waals surface area contributed by atoms with E-state index in [9.17, 15) is 63.0 Å². The molecule has 0 aliphatic rings. The van der Waals surface area contributed by atoms with Crippen LogP contribution in [0, 0.1) is 17.8 Å². The highest BCUT2D eigenvalue weighted by Crippen LogP contribution is 2.20. The van der Waals surface area contributed by atoms with E-state index >= 15 is 0 Å². The topological polar surface area (TPSA) is 366 Å². The summed E-state index contributed by atoms with van der Waals surface area (Å²) in [5.41, 5.74) is 6.83. The quantitative estimate of drug-likeness (QED) is 0.0409. The minimum Gasteiger partial charge on any atom is -0.481 e. The average molecular weight is 999 g/mol. The fourth-order valence-electron chi connectivity index (χ4n) is 7.33. The van der Waals surface area contributed by atoms with Crippen LogP contribution in [-0.2, 0) is 59.2 Å². The molecule has 8 amide bonds. The van der Waals surface area contributed by atoms with Crippen molar-refractivity contribution in [3.8, 4) is 0 Å². The minimum absolute atomic E-state index is 0.00422. The molecule has 1 heterocycles. The summed E-state index contributed by atoms with van der Waals surface area (Å²) < 4.78 is 0. The third kappa shape index (κ3) is 18.8. The average Bonchev–Trinajstić information content (AvgIpc) is 3.73. The lowest BCUT2D eigenvalue weighted by Crippen LogP contribution is -2.61. The number of amides is 8. The van der Waals surface area contributed by atoms with Crippen molar-refractivity contribution in [3.05, 3.63) is 36.0 Å². The highest BCUT2D eigenvalue weighted by atomic mass is 16.4. The molecule has 0 spiro atoms. The highest BCUT2D eigenvalue weighted by Gasteiger charge is 2.37. The molecule has 394 valence electrons. The molecule has 0 unspecified atom stereocenters. The molecule has 2 rings (SSSR count). The molecule has 13 N–H and O–H groups in total. The number of aliphatic hydroxyl groups is 1. The number of nitrogens with two attached hydrogens (primary N) is 1. The number of aromatic amines is 1. The van der Waals surface area contributed by atoms with Crippen molar-refractivity contribution in [1.29, 1.82) is 0 Å². The number of nitrogens with one attached hydrogen (secondary N) is 9. The minimum atomic E-state index is -1.85. The Bertz CT molecular complexity index is 2180. The van der Waals surface area contributed by atoms with Crippen LogP contribution in [0.4, 0.5) is 0 Å². The first-order valence-electron chi connectivity index (χ1n) is 23.9. The molecule has 23 nitrogen and oxygen atoms in total. The Hall–Kier alpha value is -6.75. The van der Waals surface area contributed by atoms with Gasteiger partial charge in [0.25, 0.3) is 0 Å². The number of aldehydes is 2. The summed E-state index contributed by atoms with van der Waals surface area (Å²) in [5, 5.41) is 40.2. The Kier molecular flexibility index (Phi) is 25.0. The van der Waals surface area contributed by atoms with Gasteiger partial charge in [-0.1, -0.05) is 79.5 Å². The monoisotopic (exact) mass is 999 g/mol. The van der Waals surface area contributed by atoms with Crippen molar-refractivity contribution in [2.75, 3.05) is 0 Å². The van der Waals surface area contributed by atoms with Crippen molar-refractivity contribution in [2.45, 2.75) is 168 Å².